The van der Waals surface area contributed by atoms with Crippen LogP contribution in [0.5, 0.6) is 11.5 Å². The van der Waals surface area contributed by atoms with Crippen molar-refractivity contribution in [2.24, 2.45) is 7.05 Å². The second-order valence-electron chi connectivity index (χ2n) is 8.57. The Bertz CT molecular complexity index is 1300. The van der Waals surface area contributed by atoms with Crippen LogP contribution in [0, 0.1) is 20.8 Å². The molecule has 5 rings (SSSR count). The summed E-state index contributed by atoms with van der Waals surface area (Å²) < 4.78 is 8.80. The molecule has 1 aliphatic heterocycles. The van der Waals surface area contributed by atoms with Crippen LogP contribution in [-0.2, 0) is 7.05 Å². The second-order valence-corrected chi connectivity index (χ2v) is 8.57. The lowest BCUT2D eigenvalue weighted by Gasteiger charge is -2.23. The summed E-state index contributed by atoms with van der Waals surface area (Å²) in [7, 11) is 2.13. The molecule has 4 aromatic rings. The molecule has 0 fully saturated rings. The van der Waals surface area contributed by atoms with Crippen LogP contribution in [0.1, 0.15) is 42.0 Å². The normalized spacial score (nSPS) is 12.5. The molecule has 0 atom stereocenters. The van der Waals surface area contributed by atoms with Crippen LogP contribution < -0.4 is 9.30 Å². The van der Waals surface area contributed by atoms with Gasteiger partial charge in [0.15, 0.2) is 6.20 Å². The van der Waals surface area contributed by atoms with E-state index in [9.17, 15) is 0 Å². The van der Waals surface area contributed by atoms with Gasteiger partial charge in [-0.05, 0) is 71.7 Å². The van der Waals surface area contributed by atoms with Crippen molar-refractivity contribution in [2.75, 3.05) is 0 Å². The third-order valence-corrected chi connectivity index (χ3v) is 6.18. The molecule has 2 nitrogen and oxygen atoms in total. The van der Waals surface area contributed by atoms with Gasteiger partial charge in [-0.1, -0.05) is 37.6 Å². The van der Waals surface area contributed by atoms with Gasteiger partial charge in [0.25, 0.3) is 0 Å². The molecular weight excluding hydrogens is 342 g/mol. The molecule has 1 aromatic heterocycles. The summed E-state index contributed by atoms with van der Waals surface area (Å²) in [5.41, 5.74) is 7.68. The molecule has 0 saturated carbocycles. The van der Waals surface area contributed by atoms with Gasteiger partial charge in [0.05, 0.1) is 10.9 Å². The molecule has 0 N–H and O–H groups in total. The maximum atomic E-state index is 6.56. The molecule has 0 unspecified atom stereocenters. The van der Waals surface area contributed by atoms with E-state index >= 15 is 0 Å². The van der Waals surface area contributed by atoms with Crippen LogP contribution in [0.15, 0.2) is 42.6 Å². The first-order chi connectivity index (χ1) is 13.3. The van der Waals surface area contributed by atoms with Crippen LogP contribution in [-0.4, -0.2) is 0 Å². The molecule has 2 heteroatoms. The Morgan fingerprint density at radius 3 is 2.43 bits per heavy atom. The topological polar surface area (TPSA) is 13.1 Å². The number of rotatable bonds is 1. The summed E-state index contributed by atoms with van der Waals surface area (Å²) in [6, 6.07) is 13.5. The Balaban J connectivity index is 1.95. The van der Waals surface area contributed by atoms with Gasteiger partial charge in [-0.3, -0.25) is 0 Å². The monoisotopic (exact) mass is 368 g/mol. The van der Waals surface area contributed by atoms with E-state index in [-0.39, 0.29) is 0 Å². The Hall–Kier alpha value is -2.87. The zero-order valence-corrected chi connectivity index (χ0v) is 17.5. The smallest absolute Gasteiger partial charge is 0.228 e. The highest BCUT2D eigenvalue weighted by molar-refractivity contribution is 6.06. The molecule has 0 amide bonds. The highest BCUT2D eigenvalue weighted by Gasteiger charge is 2.30. The summed E-state index contributed by atoms with van der Waals surface area (Å²) in [5.74, 6) is 2.41. The minimum Gasteiger partial charge on any atom is -0.456 e. The number of benzene rings is 3. The van der Waals surface area contributed by atoms with Gasteiger partial charge in [-0.2, -0.15) is 0 Å². The molecule has 0 spiro atoms. The summed E-state index contributed by atoms with van der Waals surface area (Å²) in [6.45, 7) is 11.1. The number of aromatic nitrogens is 1. The minimum absolute atomic E-state index is 0.464. The molecule has 0 radical (unpaired) electrons. The molecule has 0 saturated heterocycles. The summed E-state index contributed by atoms with van der Waals surface area (Å²) in [4.78, 5) is 0. The number of aryl methyl sites for hydroxylation is 4. The molecule has 0 aliphatic carbocycles. The summed E-state index contributed by atoms with van der Waals surface area (Å²) in [5, 5.41) is 5.06. The fourth-order valence-corrected chi connectivity index (χ4v) is 4.70. The third-order valence-electron chi connectivity index (χ3n) is 6.18. The minimum atomic E-state index is 0.464. The first kappa shape index (κ1) is 17.2. The molecule has 3 aromatic carbocycles. The van der Waals surface area contributed by atoms with Gasteiger partial charge in [0.2, 0.25) is 5.69 Å². The summed E-state index contributed by atoms with van der Waals surface area (Å²) >= 11 is 0. The Morgan fingerprint density at radius 2 is 1.68 bits per heavy atom. The third kappa shape index (κ3) is 2.30. The number of nitrogens with zero attached hydrogens (tertiary/aromatic N) is 1. The second kappa shape index (κ2) is 5.81. The lowest BCUT2D eigenvalue weighted by Crippen LogP contribution is -2.31. The van der Waals surface area contributed by atoms with Gasteiger partial charge >= 0.3 is 0 Å². The van der Waals surface area contributed by atoms with Crippen molar-refractivity contribution in [3.63, 3.8) is 0 Å². The van der Waals surface area contributed by atoms with Crippen LogP contribution >= 0.6 is 0 Å². The fourth-order valence-electron chi connectivity index (χ4n) is 4.70. The van der Waals surface area contributed by atoms with Gasteiger partial charge in [0.1, 0.15) is 18.5 Å². The maximum Gasteiger partial charge on any atom is 0.228 e. The highest BCUT2D eigenvalue weighted by atomic mass is 16.5. The number of fused-ring (bicyclic) bond motifs is 3. The fraction of sp³-hybridized carbons (Fsp3) is 0.269. The summed E-state index contributed by atoms with van der Waals surface area (Å²) in [6.07, 6.45) is 2.17. The van der Waals surface area contributed by atoms with Crippen molar-refractivity contribution in [2.45, 2.75) is 40.5 Å². The quantitative estimate of drug-likeness (QED) is 0.302. The molecule has 140 valence electrons. The maximum absolute atomic E-state index is 6.56. The zero-order valence-electron chi connectivity index (χ0n) is 17.5. The van der Waals surface area contributed by atoms with Gasteiger partial charge in [-0.25, -0.2) is 4.57 Å². The lowest BCUT2D eigenvalue weighted by molar-refractivity contribution is -0.659. The van der Waals surface area contributed by atoms with Gasteiger partial charge < -0.3 is 4.74 Å². The van der Waals surface area contributed by atoms with Crippen molar-refractivity contribution >= 4 is 21.5 Å². The van der Waals surface area contributed by atoms with Crippen molar-refractivity contribution in [3.05, 3.63) is 64.8 Å². The molecule has 28 heavy (non-hydrogen) atoms. The first-order valence-electron chi connectivity index (χ1n) is 10.0. The number of hydrogen-bond acceptors (Lipinski definition) is 1. The van der Waals surface area contributed by atoms with Crippen molar-refractivity contribution in [3.8, 4) is 22.8 Å². The van der Waals surface area contributed by atoms with E-state index in [1.165, 1.54) is 55.1 Å². The molecule has 1 aliphatic rings. The van der Waals surface area contributed by atoms with E-state index in [4.69, 9.17) is 4.74 Å². The number of ether oxygens (including phenoxy) is 1. The van der Waals surface area contributed by atoms with E-state index in [1.807, 2.05) is 0 Å². The predicted molar refractivity (Wildman–Crippen MR) is 116 cm³/mol. The Labute approximate surface area is 166 Å². The largest absolute Gasteiger partial charge is 0.456 e. The standard InChI is InChI=1S/C26H26NO/c1-14(2)19-11-18-7-8-27(6)26-24-17(5)21-10-15(3)9-16(4)20(21)13-23(24)28-22(12-19)25(18)26/h7-14H,1-6H3/q+1. The van der Waals surface area contributed by atoms with E-state index in [0.717, 1.165) is 11.5 Å². The van der Waals surface area contributed by atoms with Crippen LogP contribution in [0.2, 0.25) is 0 Å². The van der Waals surface area contributed by atoms with Crippen molar-refractivity contribution in [1.29, 1.82) is 0 Å². The zero-order chi connectivity index (χ0) is 19.7. The molecule has 2 heterocycles. The van der Waals surface area contributed by atoms with E-state index in [1.54, 1.807) is 0 Å². The Kier molecular flexibility index (Phi) is 3.58. The molecule has 0 bridgehead atoms. The van der Waals surface area contributed by atoms with Gasteiger partial charge in [0, 0.05) is 6.07 Å². The van der Waals surface area contributed by atoms with Crippen molar-refractivity contribution < 1.29 is 9.30 Å². The Morgan fingerprint density at radius 1 is 0.893 bits per heavy atom. The van der Waals surface area contributed by atoms with Crippen LogP contribution in [0.3, 0.4) is 0 Å². The number of hydrogen-bond donors (Lipinski definition) is 0. The van der Waals surface area contributed by atoms with Gasteiger partial charge in [-0.15, -0.1) is 0 Å². The average Bonchev–Trinajstić information content (AvgIpc) is 2.64. The van der Waals surface area contributed by atoms with Crippen molar-refractivity contribution in [1.82, 2.24) is 0 Å². The number of pyridine rings is 1. The average molecular weight is 369 g/mol. The van der Waals surface area contributed by atoms with E-state index in [2.05, 4.69) is 88.8 Å². The molecular formula is C26H26NO+. The first-order valence-corrected chi connectivity index (χ1v) is 10.0. The highest BCUT2D eigenvalue weighted by Crippen LogP contribution is 2.49. The van der Waals surface area contributed by atoms with Crippen LogP contribution in [0.4, 0.5) is 0 Å². The van der Waals surface area contributed by atoms with E-state index < -0.39 is 0 Å². The SMILES string of the molecule is Cc1cc(C)c2cc3c(c(C)c2c1)-c1c2c(cc(C(C)C)cc2cc[n+]1C)O3. The van der Waals surface area contributed by atoms with Crippen LogP contribution in [0.25, 0.3) is 32.8 Å². The van der Waals surface area contributed by atoms with E-state index in [0.29, 0.717) is 5.92 Å². The predicted octanol–water partition coefficient (Wildman–Crippen LogP) is 6.64. The lowest BCUT2D eigenvalue weighted by atomic mass is 9.89.